The molecule has 0 aromatic carbocycles. The molecule has 0 radical (unpaired) electrons. The summed E-state index contributed by atoms with van der Waals surface area (Å²) in [5.74, 6) is 0.883. The van der Waals surface area contributed by atoms with Crippen molar-refractivity contribution < 1.29 is 0 Å². The molecule has 1 aromatic rings. The van der Waals surface area contributed by atoms with Crippen molar-refractivity contribution in [1.82, 2.24) is 9.97 Å². The molecule has 1 fully saturated rings. The molecule has 1 aliphatic heterocycles. The second kappa shape index (κ2) is 3.08. The molecule has 2 rings (SSSR count). The summed E-state index contributed by atoms with van der Waals surface area (Å²) in [6.45, 7) is 1.90. The van der Waals surface area contributed by atoms with Crippen molar-refractivity contribution in [1.29, 1.82) is 0 Å². The number of H-pyrrole nitrogens is 1. The van der Waals surface area contributed by atoms with E-state index in [-0.39, 0.29) is 11.4 Å². The number of anilines is 2. The maximum atomic E-state index is 11.1. The number of hydrogen-bond donors (Lipinski definition) is 2. The summed E-state index contributed by atoms with van der Waals surface area (Å²) in [6, 6.07) is 1.29. The fraction of sp³-hybridized carbons (Fsp3) is 0.500. The Labute approximate surface area is 75.6 Å². The monoisotopic (exact) mass is 180 g/mol. The van der Waals surface area contributed by atoms with Crippen LogP contribution in [0.2, 0.25) is 0 Å². The molecule has 1 saturated heterocycles. The third kappa shape index (κ3) is 1.63. The lowest BCUT2D eigenvalue weighted by Gasteiger charge is -2.14. The third-order valence-electron chi connectivity index (χ3n) is 2.15. The zero-order valence-corrected chi connectivity index (χ0v) is 7.29. The average molecular weight is 180 g/mol. The highest BCUT2D eigenvalue weighted by atomic mass is 16.1. The molecule has 70 valence electrons. The SMILES string of the molecule is Nc1cc(=O)[nH]c(N2CCCC2)n1. The van der Waals surface area contributed by atoms with E-state index < -0.39 is 0 Å². The van der Waals surface area contributed by atoms with Gasteiger partial charge >= 0.3 is 0 Å². The Balaban J connectivity index is 2.33. The Morgan fingerprint density at radius 2 is 2.15 bits per heavy atom. The minimum Gasteiger partial charge on any atom is -0.383 e. The van der Waals surface area contributed by atoms with E-state index in [0.29, 0.717) is 5.95 Å². The Kier molecular flexibility index (Phi) is 1.92. The highest BCUT2D eigenvalue weighted by Gasteiger charge is 2.14. The van der Waals surface area contributed by atoms with Gasteiger partial charge in [0.1, 0.15) is 5.82 Å². The molecule has 0 atom stereocenters. The molecule has 0 amide bonds. The number of rotatable bonds is 1. The molecule has 1 aromatic heterocycles. The predicted octanol–water partition coefficient (Wildman–Crippen LogP) is -0.0477. The number of nitrogens with zero attached hydrogens (tertiary/aromatic N) is 2. The maximum absolute atomic E-state index is 11.1. The van der Waals surface area contributed by atoms with Crippen molar-refractivity contribution in [3.8, 4) is 0 Å². The van der Waals surface area contributed by atoms with Crippen LogP contribution in [0.3, 0.4) is 0 Å². The summed E-state index contributed by atoms with van der Waals surface area (Å²) in [5.41, 5.74) is 5.28. The van der Waals surface area contributed by atoms with Gasteiger partial charge in [-0.1, -0.05) is 0 Å². The van der Waals surface area contributed by atoms with Crippen LogP contribution in [0, 0.1) is 0 Å². The molecular formula is C8H12N4O. The van der Waals surface area contributed by atoms with E-state index in [0.717, 1.165) is 25.9 Å². The topological polar surface area (TPSA) is 75.0 Å². The molecule has 1 aliphatic rings. The van der Waals surface area contributed by atoms with Crippen LogP contribution in [0.5, 0.6) is 0 Å². The number of nitrogens with two attached hydrogens (primary N) is 1. The third-order valence-corrected chi connectivity index (χ3v) is 2.15. The van der Waals surface area contributed by atoms with Crippen LogP contribution in [-0.2, 0) is 0 Å². The Morgan fingerprint density at radius 1 is 1.46 bits per heavy atom. The molecule has 0 bridgehead atoms. The minimum absolute atomic E-state index is 0.186. The molecule has 0 spiro atoms. The van der Waals surface area contributed by atoms with E-state index in [9.17, 15) is 4.79 Å². The number of hydrogen-bond acceptors (Lipinski definition) is 4. The first-order valence-electron chi connectivity index (χ1n) is 4.37. The molecule has 2 heterocycles. The fourth-order valence-electron chi connectivity index (χ4n) is 1.54. The summed E-state index contributed by atoms with van der Waals surface area (Å²) in [6.07, 6.45) is 2.30. The molecule has 5 heteroatoms. The van der Waals surface area contributed by atoms with Crippen molar-refractivity contribution in [2.24, 2.45) is 0 Å². The zero-order chi connectivity index (χ0) is 9.26. The molecule has 13 heavy (non-hydrogen) atoms. The van der Waals surface area contributed by atoms with E-state index in [4.69, 9.17) is 5.73 Å². The van der Waals surface area contributed by atoms with Gasteiger partial charge in [-0.05, 0) is 12.8 Å². The largest absolute Gasteiger partial charge is 0.383 e. The summed E-state index contributed by atoms with van der Waals surface area (Å²) >= 11 is 0. The summed E-state index contributed by atoms with van der Waals surface area (Å²) in [7, 11) is 0. The van der Waals surface area contributed by atoms with Gasteiger partial charge in [0.2, 0.25) is 5.95 Å². The number of nitrogens with one attached hydrogen (secondary N) is 1. The van der Waals surface area contributed by atoms with Gasteiger partial charge in [0.25, 0.3) is 5.56 Å². The van der Waals surface area contributed by atoms with Crippen LogP contribution >= 0.6 is 0 Å². The molecule has 0 saturated carbocycles. The molecule has 0 aliphatic carbocycles. The van der Waals surface area contributed by atoms with Gasteiger partial charge in [0.15, 0.2) is 0 Å². The van der Waals surface area contributed by atoms with Crippen molar-refractivity contribution >= 4 is 11.8 Å². The van der Waals surface area contributed by atoms with Crippen molar-refractivity contribution in [2.75, 3.05) is 23.7 Å². The molecular weight excluding hydrogens is 168 g/mol. The lowest BCUT2D eigenvalue weighted by Crippen LogP contribution is -2.24. The van der Waals surface area contributed by atoms with Crippen molar-refractivity contribution in [3.05, 3.63) is 16.4 Å². The van der Waals surface area contributed by atoms with Gasteiger partial charge in [-0.2, -0.15) is 4.98 Å². The standard InChI is InChI=1S/C8H12N4O/c9-6-5-7(13)11-8(10-6)12-3-1-2-4-12/h5H,1-4H2,(H3,9,10,11,13). The summed E-state index contributed by atoms with van der Waals surface area (Å²) < 4.78 is 0. The predicted molar refractivity (Wildman–Crippen MR) is 50.7 cm³/mol. The first-order valence-corrected chi connectivity index (χ1v) is 4.37. The number of nitrogen functional groups attached to an aromatic ring is 1. The number of aromatic nitrogens is 2. The van der Waals surface area contributed by atoms with Crippen LogP contribution in [0.1, 0.15) is 12.8 Å². The van der Waals surface area contributed by atoms with E-state index in [1.807, 2.05) is 4.90 Å². The van der Waals surface area contributed by atoms with Gasteiger partial charge in [-0.25, -0.2) is 0 Å². The highest BCUT2D eigenvalue weighted by molar-refractivity contribution is 5.38. The highest BCUT2D eigenvalue weighted by Crippen LogP contribution is 2.14. The van der Waals surface area contributed by atoms with E-state index in [1.165, 1.54) is 6.07 Å². The van der Waals surface area contributed by atoms with Crippen LogP contribution in [0.4, 0.5) is 11.8 Å². The Morgan fingerprint density at radius 3 is 2.77 bits per heavy atom. The second-order valence-corrected chi connectivity index (χ2v) is 3.19. The van der Waals surface area contributed by atoms with E-state index in [2.05, 4.69) is 9.97 Å². The van der Waals surface area contributed by atoms with Gasteiger partial charge in [-0.15, -0.1) is 0 Å². The quantitative estimate of drug-likeness (QED) is 0.635. The Bertz CT molecular complexity index is 353. The first-order chi connectivity index (χ1) is 6.25. The summed E-state index contributed by atoms with van der Waals surface area (Å²) in [5, 5.41) is 0. The van der Waals surface area contributed by atoms with Crippen molar-refractivity contribution in [2.45, 2.75) is 12.8 Å². The van der Waals surface area contributed by atoms with Gasteiger partial charge in [-0.3, -0.25) is 9.78 Å². The van der Waals surface area contributed by atoms with Gasteiger partial charge in [0.05, 0.1) is 0 Å². The lowest BCUT2D eigenvalue weighted by atomic mass is 10.4. The van der Waals surface area contributed by atoms with Gasteiger partial charge < -0.3 is 10.6 Å². The smallest absolute Gasteiger partial charge is 0.254 e. The lowest BCUT2D eigenvalue weighted by molar-refractivity contribution is 0.893. The second-order valence-electron chi connectivity index (χ2n) is 3.19. The van der Waals surface area contributed by atoms with E-state index in [1.54, 1.807) is 0 Å². The van der Waals surface area contributed by atoms with Crippen LogP contribution in [0.25, 0.3) is 0 Å². The maximum Gasteiger partial charge on any atom is 0.254 e. The Hall–Kier alpha value is -1.52. The molecule has 3 N–H and O–H groups in total. The number of aromatic amines is 1. The minimum atomic E-state index is -0.186. The normalized spacial score (nSPS) is 16.5. The summed E-state index contributed by atoms with van der Waals surface area (Å²) in [4.78, 5) is 19.8. The molecule has 0 unspecified atom stereocenters. The van der Waals surface area contributed by atoms with Gasteiger partial charge in [0, 0.05) is 19.2 Å². The van der Waals surface area contributed by atoms with E-state index >= 15 is 0 Å². The fourth-order valence-corrected chi connectivity index (χ4v) is 1.54. The van der Waals surface area contributed by atoms with Crippen LogP contribution in [-0.4, -0.2) is 23.1 Å². The first kappa shape index (κ1) is 8.10. The van der Waals surface area contributed by atoms with Crippen molar-refractivity contribution in [3.63, 3.8) is 0 Å². The van der Waals surface area contributed by atoms with Crippen LogP contribution < -0.4 is 16.2 Å². The average Bonchev–Trinajstić information content (AvgIpc) is 2.53. The zero-order valence-electron chi connectivity index (χ0n) is 7.29. The van der Waals surface area contributed by atoms with Crippen LogP contribution in [0.15, 0.2) is 10.9 Å². The molecule has 5 nitrogen and oxygen atoms in total.